The first-order chi connectivity index (χ1) is 8.08. The van der Waals surface area contributed by atoms with Gasteiger partial charge in [0.1, 0.15) is 5.75 Å². The molecule has 2 aromatic rings. The Bertz CT molecular complexity index is 562. The first kappa shape index (κ1) is 12.0. The molecule has 0 radical (unpaired) electrons. The summed E-state index contributed by atoms with van der Waals surface area (Å²) in [6.07, 6.45) is 0. The van der Waals surface area contributed by atoms with Crippen molar-refractivity contribution >= 4 is 29.0 Å². The van der Waals surface area contributed by atoms with Crippen molar-refractivity contribution in [3.05, 3.63) is 63.6 Å². The lowest BCUT2D eigenvalue weighted by Gasteiger charge is -2.03. The number of benzene rings is 2. The number of hydrogen-bond acceptors (Lipinski definition) is 2. The third kappa shape index (κ3) is 2.60. The molecule has 1 N–H and O–H groups in total. The molecule has 0 fully saturated rings. The molecule has 0 atom stereocenters. The van der Waals surface area contributed by atoms with Crippen molar-refractivity contribution < 1.29 is 9.90 Å². The fourth-order valence-corrected chi connectivity index (χ4v) is 1.71. The van der Waals surface area contributed by atoms with Gasteiger partial charge in [-0.15, -0.1) is 0 Å². The highest BCUT2D eigenvalue weighted by atomic mass is 35.5. The van der Waals surface area contributed by atoms with Crippen LogP contribution in [0.15, 0.2) is 42.5 Å². The molecular weight excluding hydrogens is 259 g/mol. The van der Waals surface area contributed by atoms with Crippen LogP contribution in [0.1, 0.15) is 15.9 Å². The SMILES string of the molecule is O=C(c1ccc(O)cc1)c1ccc(Cl)c(Cl)c1. The summed E-state index contributed by atoms with van der Waals surface area (Å²) in [5.74, 6) is -0.0424. The minimum atomic E-state index is -0.163. The Hall–Kier alpha value is -1.51. The number of hydrogen-bond donors (Lipinski definition) is 1. The number of aromatic hydroxyl groups is 1. The van der Waals surface area contributed by atoms with Crippen molar-refractivity contribution in [2.24, 2.45) is 0 Å². The molecule has 0 saturated heterocycles. The smallest absolute Gasteiger partial charge is 0.193 e. The maximum Gasteiger partial charge on any atom is 0.193 e. The summed E-state index contributed by atoms with van der Waals surface area (Å²) in [6, 6.07) is 10.8. The van der Waals surface area contributed by atoms with Crippen molar-refractivity contribution in [2.75, 3.05) is 0 Å². The van der Waals surface area contributed by atoms with E-state index < -0.39 is 0 Å². The molecule has 4 heteroatoms. The van der Waals surface area contributed by atoms with Gasteiger partial charge >= 0.3 is 0 Å². The average Bonchev–Trinajstić information content (AvgIpc) is 2.33. The second kappa shape index (κ2) is 4.78. The molecule has 0 amide bonds. The van der Waals surface area contributed by atoms with Gasteiger partial charge in [0.05, 0.1) is 10.0 Å². The van der Waals surface area contributed by atoms with E-state index in [1.165, 1.54) is 18.2 Å². The van der Waals surface area contributed by atoms with Crippen LogP contribution in [0.25, 0.3) is 0 Å². The number of carbonyl (C=O) groups is 1. The molecule has 0 bridgehead atoms. The molecule has 0 aliphatic heterocycles. The minimum Gasteiger partial charge on any atom is -0.508 e. The standard InChI is InChI=1S/C13H8Cl2O2/c14-11-6-3-9(7-12(11)15)13(17)8-1-4-10(16)5-2-8/h1-7,16H. The summed E-state index contributed by atoms with van der Waals surface area (Å²) in [5, 5.41) is 9.89. The van der Waals surface area contributed by atoms with Crippen LogP contribution in [-0.4, -0.2) is 10.9 Å². The molecule has 2 rings (SSSR count). The van der Waals surface area contributed by atoms with Gasteiger partial charge in [0.2, 0.25) is 0 Å². The fourth-order valence-electron chi connectivity index (χ4n) is 1.42. The van der Waals surface area contributed by atoms with E-state index in [0.717, 1.165) is 0 Å². The molecule has 2 nitrogen and oxygen atoms in total. The van der Waals surface area contributed by atoms with Crippen molar-refractivity contribution in [3.8, 4) is 5.75 Å². The summed E-state index contributed by atoms with van der Waals surface area (Å²) in [6.45, 7) is 0. The molecule has 2 aromatic carbocycles. The van der Waals surface area contributed by atoms with Crippen LogP contribution < -0.4 is 0 Å². The zero-order valence-corrected chi connectivity index (χ0v) is 10.2. The molecule has 17 heavy (non-hydrogen) atoms. The predicted molar refractivity (Wildman–Crippen MR) is 68.0 cm³/mol. The lowest BCUT2D eigenvalue weighted by atomic mass is 10.0. The maximum absolute atomic E-state index is 12.0. The molecule has 0 aliphatic rings. The summed E-state index contributed by atoms with van der Waals surface area (Å²) in [5.41, 5.74) is 0.950. The summed E-state index contributed by atoms with van der Waals surface area (Å²) >= 11 is 11.6. The quantitative estimate of drug-likeness (QED) is 0.837. The Morgan fingerprint density at radius 2 is 1.47 bits per heavy atom. The van der Waals surface area contributed by atoms with Gasteiger partial charge in [-0.25, -0.2) is 0 Å². The second-order valence-corrected chi connectivity index (χ2v) is 4.32. The Kier molecular flexibility index (Phi) is 3.36. The van der Waals surface area contributed by atoms with E-state index in [9.17, 15) is 4.79 Å². The highest BCUT2D eigenvalue weighted by Crippen LogP contribution is 2.24. The van der Waals surface area contributed by atoms with Crippen LogP contribution in [0, 0.1) is 0 Å². The molecule has 0 saturated carbocycles. The van der Waals surface area contributed by atoms with Crippen LogP contribution in [0.2, 0.25) is 10.0 Å². The first-order valence-electron chi connectivity index (χ1n) is 4.87. The van der Waals surface area contributed by atoms with Crippen molar-refractivity contribution in [2.45, 2.75) is 0 Å². The van der Waals surface area contributed by atoms with Gasteiger partial charge < -0.3 is 5.11 Å². The van der Waals surface area contributed by atoms with Crippen LogP contribution in [0.3, 0.4) is 0 Å². The Morgan fingerprint density at radius 1 is 0.882 bits per heavy atom. The van der Waals surface area contributed by atoms with Gasteiger partial charge in [-0.3, -0.25) is 4.79 Å². The van der Waals surface area contributed by atoms with E-state index in [0.29, 0.717) is 21.2 Å². The highest BCUT2D eigenvalue weighted by Gasteiger charge is 2.10. The number of phenols is 1. The molecule has 0 heterocycles. The van der Waals surface area contributed by atoms with E-state index in [1.54, 1.807) is 24.3 Å². The molecule has 86 valence electrons. The van der Waals surface area contributed by atoms with Crippen LogP contribution in [-0.2, 0) is 0 Å². The zero-order valence-electron chi connectivity index (χ0n) is 8.65. The lowest BCUT2D eigenvalue weighted by molar-refractivity contribution is 0.103. The van der Waals surface area contributed by atoms with Crippen molar-refractivity contribution in [1.29, 1.82) is 0 Å². The van der Waals surface area contributed by atoms with Crippen molar-refractivity contribution in [3.63, 3.8) is 0 Å². The van der Waals surface area contributed by atoms with Crippen LogP contribution in [0.4, 0.5) is 0 Å². The Balaban J connectivity index is 2.37. The minimum absolute atomic E-state index is 0.121. The number of carbonyl (C=O) groups excluding carboxylic acids is 1. The van der Waals surface area contributed by atoms with Gasteiger partial charge in [0, 0.05) is 11.1 Å². The second-order valence-electron chi connectivity index (χ2n) is 3.50. The Labute approximate surface area is 108 Å². The largest absolute Gasteiger partial charge is 0.508 e. The average molecular weight is 267 g/mol. The van der Waals surface area contributed by atoms with Crippen molar-refractivity contribution in [1.82, 2.24) is 0 Å². The molecule has 0 unspecified atom stereocenters. The normalized spacial score (nSPS) is 10.2. The topological polar surface area (TPSA) is 37.3 Å². The fraction of sp³-hybridized carbons (Fsp3) is 0. The van der Waals surface area contributed by atoms with Gasteiger partial charge in [-0.05, 0) is 42.5 Å². The maximum atomic E-state index is 12.0. The molecule has 0 aliphatic carbocycles. The van der Waals surface area contributed by atoms with Gasteiger partial charge in [0.15, 0.2) is 5.78 Å². The summed E-state index contributed by atoms with van der Waals surface area (Å²) < 4.78 is 0. The number of phenolic OH excluding ortho intramolecular Hbond substituents is 1. The van der Waals surface area contributed by atoms with E-state index in [2.05, 4.69) is 0 Å². The van der Waals surface area contributed by atoms with E-state index >= 15 is 0 Å². The molecule has 0 aromatic heterocycles. The molecule has 0 spiro atoms. The third-order valence-corrected chi connectivity index (χ3v) is 3.05. The lowest BCUT2D eigenvalue weighted by Crippen LogP contribution is -2.00. The monoisotopic (exact) mass is 266 g/mol. The van der Waals surface area contributed by atoms with Crippen LogP contribution in [0.5, 0.6) is 5.75 Å². The summed E-state index contributed by atoms with van der Waals surface area (Å²) in [4.78, 5) is 12.0. The van der Waals surface area contributed by atoms with Gasteiger partial charge in [-0.1, -0.05) is 23.2 Å². The number of rotatable bonds is 2. The first-order valence-corrected chi connectivity index (χ1v) is 5.62. The van der Waals surface area contributed by atoms with E-state index in [1.807, 2.05) is 0 Å². The predicted octanol–water partition coefficient (Wildman–Crippen LogP) is 3.93. The van der Waals surface area contributed by atoms with E-state index in [-0.39, 0.29) is 11.5 Å². The number of halogens is 2. The number of ketones is 1. The third-order valence-electron chi connectivity index (χ3n) is 2.31. The van der Waals surface area contributed by atoms with Gasteiger partial charge in [-0.2, -0.15) is 0 Å². The zero-order chi connectivity index (χ0) is 12.4. The molecular formula is C13H8Cl2O2. The van der Waals surface area contributed by atoms with Crippen LogP contribution >= 0.6 is 23.2 Å². The Morgan fingerprint density at radius 3 is 2.06 bits per heavy atom. The highest BCUT2D eigenvalue weighted by molar-refractivity contribution is 6.42. The van der Waals surface area contributed by atoms with E-state index in [4.69, 9.17) is 28.3 Å². The summed E-state index contributed by atoms with van der Waals surface area (Å²) in [7, 11) is 0. The van der Waals surface area contributed by atoms with Gasteiger partial charge in [0.25, 0.3) is 0 Å².